The number of para-hydroxylation sites is 3. The van der Waals surface area contributed by atoms with Gasteiger partial charge in [0.2, 0.25) is 0 Å². The van der Waals surface area contributed by atoms with Gasteiger partial charge in [-0.25, -0.2) is 4.98 Å². The summed E-state index contributed by atoms with van der Waals surface area (Å²) in [7, 11) is 0. The minimum Gasteiger partial charge on any atom is -0.456 e. The minimum atomic E-state index is 0.867. The summed E-state index contributed by atoms with van der Waals surface area (Å²) >= 11 is 0. The summed E-state index contributed by atoms with van der Waals surface area (Å²) in [4.78, 5) is 4.89. The van der Waals surface area contributed by atoms with Crippen molar-refractivity contribution in [2.45, 2.75) is 13.3 Å². The maximum atomic E-state index is 6.42. The summed E-state index contributed by atoms with van der Waals surface area (Å²) in [6, 6.07) is 67.8. The van der Waals surface area contributed by atoms with Crippen molar-refractivity contribution in [3.05, 3.63) is 194 Å². The molecular weight excluding hydrogens is 681 g/mol. The Morgan fingerprint density at radius 3 is 1.82 bits per heavy atom. The second kappa shape index (κ2) is 13.0. The molecule has 0 N–H and O–H groups in total. The highest BCUT2D eigenvalue weighted by Gasteiger charge is 2.21. The largest absolute Gasteiger partial charge is 0.456 e. The van der Waals surface area contributed by atoms with E-state index >= 15 is 0 Å². The van der Waals surface area contributed by atoms with Gasteiger partial charge in [-0.3, -0.25) is 4.57 Å². The van der Waals surface area contributed by atoms with Crippen molar-refractivity contribution in [3.63, 3.8) is 0 Å². The van der Waals surface area contributed by atoms with Crippen molar-refractivity contribution < 1.29 is 4.42 Å². The molecule has 2 heterocycles. The first kappa shape index (κ1) is 32.2. The first-order valence-corrected chi connectivity index (χ1v) is 19.4. The number of benzene rings is 9. The van der Waals surface area contributed by atoms with E-state index in [1.165, 1.54) is 66.1 Å². The summed E-state index contributed by atoms with van der Waals surface area (Å²) in [5.74, 6) is 1.07. The van der Waals surface area contributed by atoms with Gasteiger partial charge < -0.3 is 4.42 Å². The number of imidazole rings is 1. The standard InChI is InChI=1S/C53H36N2O/c1-2-50-54-46-19-9-10-20-47(46)55(50)39-30-27-36(28-31-39)35-23-25-37(26-24-35)51-40-15-6-7-16-41(40)52(45-33-38(29-32-42(45)51)34-13-4-3-5-14-34)44-18-12-22-49-53(44)43-17-8-11-21-48(43)56-49/h3-33H,2H2,1H3. The van der Waals surface area contributed by atoms with Crippen LogP contribution in [0.1, 0.15) is 12.7 Å². The molecule has 9 aromatic carbocycles. The molecule has 264 valence electrons. The lowest BCUT2D eigenvalue weighted by atomic mass is 9.83. The quantitative estimate of drug-likeness (QED) is 0.160. The predicted molar refractivity (Wildman–Crippen MR) is 234 cm³/mol. The molecular formula is C53H36N2O. The fourth-order valence-electron chi connectivity index (χ4n) is 8.81. The van der Waals surface area contributed by atoms with Crippen LogP contribution in [0.2, 0.25) is 0 Å². The summed E-state index contributed by atoms with van der Waals surface area (Å²) < 4.78 is 8.70. The zero-order valence-corrected chi connectivity index (χ0v) is 30.9. The maximum absolute atomic E-state index is 6.42. The van der Waals surface area contributed by atoms with Crippen molar-refractivity contribution in [2.75, 3.05) is 0 Å². The number of nitrogens with zero attached hydrogens (tertiary/aromatic N) is 2. The molecule has 0 spiro atoms. The molecule has 0 aliphatic rings. The van der Waals surface area contributed by atoms with Crippen molar-refractivity contribution in [3.8, 4) is 50.2 Å². The molecule has 0 amide bonds. The Kier molecular flexibility index (Phi) is 7.46. The van der Waals surface area contributed by atoms with Crippen LogP contribution in [-0.2, 0) is 6.42 Å². The summed E-state index contributed by atoms with van der Waals surface area (Å²) in [5.41, 5.74) is 14.7. The molecule has 0 aliphatic heterocycles. The SMILES string of the molecule is CCc1nc2ccccc2n1-c1ccc(-c2ccc(-c3c4ccccc4c(-c4cccc5oc6ccccc6c45)c4cc(-c5ccccc5)ccc34)cc2)cc1. The van der Waals surface area contributed by atoms with Gasteiger partial charge in [0.1, 0.15) is 17.0 Å². The van der Waals surface area contributed by atoms with Crippen LogP contribution in [0.15, 0.2) is 192 Å². The van der Waals surface area contributed by atoms with E-state index in [0.29, 0.717) is 0 Å². The zero-order chi connectivity index (χ0) is 37.2. The number of rotatable bonds is 6. The number of fused-ring (bicyclic) bond motifs is 6. The average molecular weight is 717 g/mol. The van der Waals surface area contributed by atoms with Crippen LogP contribution in [-0.4, -0.2) is 9.55 Å². The number of hydrogen-bond donors (Lipinski definition) is 0. The van der Waals surface area contributed by atoms with Crippen LogP contribution in [0.4, 0.5) is 0 Å². The molecule has 3 heteroatoms. The number of aryl methyl sites for hydroxylation is 1. The van der Waals surface area contributed by atoms with E-state index in [9.17, 15) is 0 Å². The van der Waals surface area contributed by atoms with E-state index in [2.05, 4.69) is 193 Å². The van der Waals surface area contributed by atoms with E-state index in [1.807, 2.05) is 6.07 Å². The molecule has 0 unspecified atom stereocenters. The molecule has 56 heavy (non-hydrogen) atoms. The van der Waals surface area contributed by atoms with Gasteiger partial charge in [-0.05, 0) is 109 Å². The lowest BCUT2D eigenvalue weighted by Crippen LogP contribution is -1.99. The van der Waals surface area contributed by atoms with Gasteiger partial charge >= 0.3 is 0 Å². The minimum absolute atomic E-state index is 0.867. The zero-order valence-electron chi connectivity index (χ0n) is 30.9. The maximum Gasteiger partial charge on any atom is 0.136 e. The van der Waals surface area contributed by atoms with Crippen molar-refractivity contribution >= 4 is 54.5 Å². The molecule has 0 radical (unpaired) electrons. The van der Waals surface area contributed by atoms with Gasteiger partial charge in [0, 0.05) is 22.9 Å². The number of aromatic nitrogens is 2. The highest BCUT2D eigenvalue weighted by atomic mass is 16.3. The molecule has 0 bridgehead atoms. The van der Waals surface area contributed by atoms with E-state index in [4.69, 9.17) is 9.40 Å². The van der Waals surface area contributed by atoms with Gasteiger partial charge in [-0.1, -0.05) is 153 Å². The molecule has 0 saturated carbocycles. The van der Waals surface area contributed by atoms with Gasteiger partial charge in [0.15, 0.2) is 0 Å². The fourth-order valence-corrected chi connectivity index (χ4v) is 8.81. The molecule has 0 saturated heterocycles. The fraction of sp³-hybridized carbons (Fsp3) is 0.0377. The third-order valence-electron chi connectivity index (χ3n) is 11.4. The Morgan fingerprint density at radius 2 is 1.04 bits per heavy atom. The lowest BCUT2D eigenvalue weighted by molar-refractivity contribution is 0.669. The van der Waals surface area contributed by atoms with E-state index in [-0.39, 0.29) is 0 Å². The first-order chi connectivity index (χ1) is 27.7. The summed E-state index contributed by atoms with van der Waals surface area (Å²) in [6.07, 6.45) is 0.867. The Hall–Kier alpha value is -7.23. The van der Waals surface area contributed by atoms with Crippen LogP contribution in [0.25, 0.3) is 105 Å². The lowest BCUT2D eigenvalue weighted by Gasteiger charge is -2.19. The van der Waals surface area contributed by atoms with Gasteiger partial charge in [-0.2, -0.15) is 0 Å². The van der Waals surface area contributed by atoms with E-state index < -0.39 is 0 Å². The topological polar surface area (TPSA) is 31.0 Å². The molecule has 11 rings (SSSR count). The van der Waals surface area contributed by atoms with E-state index in [0.717, 1.165) is 50.9 Å². The highest BCUT2D eigenvalue weighted by Crippen LogP contribution is 2.48. The van der Waals surface area contributed by atoms with Crippen LogP contribution in [0.3, 0.4) is 0 Å². The van der Waals surface area contributed by atoms with Crippen LogP contribution >= 0.6 is 0 Å². The molecule has 3 nitrogen and oxygen atoms in total. The molecule has 11 aromatic rings. The Labute approximate surface area is 324 Å². The second-order valence-corrected chi connectivity index (χ2v) is 14.5. The molecule has 0 fully saturated rings. The predicted octanol–water partition coefficient (Wildman–Crippen LogP) is 14.5. The average Bonchev–Trinajstić information content (AvgIpc) is 3.85. The highest BCUT2D eigenvalue weighted by molar-refractivity contribution is 6.26. The third-order valence-corrected chi connectivity index (χ3v) is 11.4. The summed E-state index contributed by atoms with van der Waals surface area (Å²) in [5, 5.41) is 7.16. The van der Waals surface area contributed by atoms with Crippen molar-refractivity contribution in [2.24, 2.45) is 0 Å². The smallest absolute Gasteiger partial charge is 0.136 e. The second-order valence-electron chi connectivity index (χ2n) is 14.5. The van der Waals surface area contributed by atoms with Crippen molar-refractivity contribution in [1.82, 2.24) is 9.55 Å². The number of hydrogen-bond acceptors (Lipinski definition) is 2. The molecule has 2 aromatic heterocycles. The summed E-state index contributed by atoms with van der Waals surface area (Å²) in [6.45, 7) is 2.16. The molecule has 0 aliphatic carbocycles. The Bertz CT molecular complexity index is 3260. The van der Waals surface area contributed by atoms with E-state index in [1.54, 1.807) is 0 Å². The van der Waals surface area contributed by atoms with Gasteiger partial charge in [-0.15, -0.1) is 0 Å². The first-order valence-electron chi connectivity index (χ1n) is 19.4. The van der Waals surface area contributed by atoms with Gasteiger partial charge in [0.05, 0.1) is 11.0 Å². The van der Waals surface area contributed by atoms with Crippen molar-refractivity contribution in [1.29, 1.82) is 0 Å². The Morgan fingerprint density at radius 1 is 0.446 bits per heavy atom. The van der Waals surface area contributed by atoms with Crippen LogP contribution < -0.4 is 0 Å². The monoisotopic (exact) mass is 716 g/mol. The molecule has 0 atom stereocenters. The number of furan rings is 1. The normalized spacial score (nSPS) is 11.7. The van der Waals surface area contributed by atoms with Gasteiger partial charge in [0.25, 0.3) is 0 Å². The van der Waals surface area contributed by atoms with Crippen LogP contribution in [0, 0.1) is 0 Å². The third kappa shape index (κ3) is 5.09. The van der Waals surface area contributed by atoms with Crippen LogP contribution in [0.5, 0.6) is 0 Å². The Balaban J connectivity index is 1.09.